The first-order valence-electron chi connectivity index (χ1n) is 7.20. The first kappa shape index (κ1) is 15.8. The standard InChI is InChI=1S/C14H22N4O2S/c1-5-17-8-18(7-12(17)19)14(20)16-13-11(6-9(2)3)15-10(4)21-13/h9H,5-8H2,1-4H3,(H,16,20). The third-order valence-corrected chi connectivity index (χ3v) is 4.24. The van der Waals surface area contributed by atoms with E-state index in [9.17, 15) is 9.59 Å². The highest BCUT2D eigenvalue weighted by Crippen LogP contribution is 2.27. The Kier molecular flexibility index (Phi) is 4.82. The molecule has 1 aliphatic rings. The zero-order chi connectivity index (χ0) is 15.6. The maximum absolute atomic E-state index is 12.3. The van der Waals surface area contributed by atoms with Crippen molar-refractivity contribution in [3.63, 3.8) is 0 Å². The molecule has 2 rings (SSSR count). The first-order chi connectivity index (χ1) is 9.90. The molecule has 1 aromatic rings. The molecule has 0 saturated carbocycles. The monoisotopic (exact) mass is 310 g/mol. The van der Waals surface area contributed by atoms with E-state index in [2.05, 4.69) is 24.1 Å². The van der Waals surface area contributed by atoms with E-state index < -0.39 is 0 Å². The molecule has 0 radical (unpaired) electrons. The second-order valence-electron chi connectivity index (χ2n) is 5.63. The summed E-state index contributed by atoms with van der Waals surface area (Å²) in [4.78, 5) is 31.6. The quantitative estimate of drug-likeness (QED) is 0.928. The number of anilines is 1. The number of thiazole rings is 1. The lowest BCUT2D eigenvalue weighted by atomic mass is 10.1. The molecule has 1 saturated heterocycles. The van der Waals surface area contributed by atoms with E-state index in [1.165, 1.54) is 16.2 Å². The molecule has 1 N–H and O–H groups in total. The number of nitrogens with one attached hydrogen (secondary N) is 1. The number of aryl methyl sites for hydroxylation is 1. The van der Waals surface area contributed by atoms with E-state index in [-0.39, 0.29) is 18.5 Å². The van der Waals surface area contributed by atoms with Gasteiger partial charge in [0.1, 0.15) is 11.5 Å². The van der Waals surface area contributed by atoms with Gasteiger partial charge in [-0.2, -0.15) is 0 Å². The molecule has 7 heteroatoms. The summed E-state index contributed by atoms with van der Waals surface area (Å²) in [5, 5.41) is 4.65. The van der Waals surface area contributed by atoms with E-state index in [1.54, 1.807) is 4.90 Å². The fraction of sp³-hybridized carbons (Fsp3) is 0.643. The molecular formula is C14H22N4O2S. The molecule has 21 heavy (non-hydrogen) atoms. The molecule has 0 unspecified atom stereocenters. The van der Waals surface area contributed by atoms with Crippen molar-refractivity contribution < 1.29 is 9.59 Å². The Balaban J connectivity index is 2.05. The summed E-state index contributed by atoms with van der Waals surface area (Å²) >= 11 is 1.48. The van der Waals surface area contributed by atoms with Crippen molar-refractivity contribution in [1.29, 1.82) is 0 Å². The molecule has 1 aromatic heterocycles. The molecular weight excluding hydrogens is 288 g/mol. The highest BCUT2D eigenvalue weighted by molar-refractivity contribution is 7.16. The maximum atomic E-state index is 12.3. The van der Waals surface area contributed by atoms with Gasteiger partial charge in [-0.05, 0) is 26.2 Å². The van der Waals surface area contributed by atoms with Gasteiger partial charge in [-0.1, -0.05) is 13.8 Å². The fourth-order valence-electron chi connectivity index (χ4n) is 2.28. The van der Waals surface area contributed by atoms with E-state index in [1.807, 2.05) is 13.8 Å². The molecule has 116 valence electrons. The summed E-state index contributed by atoms with van der Waals surface area (Å²) in [7, 11) is 0. The van der Waals surface area contributed by atoms with Gasteiger partial charge >= 0.3 is 6.03 Å². The number of likely N-dealkylation sites (N-methyl/N-ethyl adjacent to an activating group) is 1. The van der Waals surface area contributed by atoms with Gasteiger partial charge in [0.05, 0.1) is 17.4 Å². The lowest BCUT2D eigenvalue weighted by Crippen LogP contribution is -2.34. The maximum Gasteiger partial charge on any atom is 0.324 e. The highest BCUT2D eigenvalue weighted by Gasteiger charge is 2.30. The van der Waals surface area contributed by atoms with E-state index in [0.717, 1.165) is 22.1 Å². The van der Waals surface area contributed by atoms with E-state index >= 15 is 0 Å². The number of amides is 3. The summed E-state index contributed by atoms with van der Waals surface area (Å²) in [6, 6.07) is -0.229. The minimum absolute atomic E-state index is 0.00413. The van der Waals surface area contributed by atoms with Crippen molar-refractivity contribution in [3.05, 3.63) is 10.7 Å². The van der Waals surface area contributed by atoms with Crippen molar-refractivity contribution in [2.24, 2.45) is 5.92 Å². The molecule has 2 heterocycles. The van der Waals surface area contributed by atoms with Crippen LogP contribution in [0.2, 0.25) is 0 Å². The summed E-state index contributed by atoms with van der Waals surface area (Å²) in [5.41, 5.74) is 0.929. The molecule has 1 fully saturated rings. The minimum Gasteiger partial charge on any atom is -0.324 e. The van der Waals surface area contributed by atoms with Crippen LogP contribution in [0.25, 0.3) is 0 Å². The average Bonchev–Trinajstić information content (AvgIpc) is 2.92. The number of hydrogen-bond donors (Lipinski definition) is 1. The van der Waals surface area contributed by atoms with Crippen LogP contribution in [-0.2, 0) is 11.2 Å². The van der Waals surface area contributed by atoms with Crippen molar-refractivity contribution in [2.75, 3.05) is 25.1 Å². The van der Waals surface area contributed by atoms with Crippen LogP contribution in [0.3, 0.4) is 0 Å². The van der Waals surface area contributed by atoms with Crippen molar-refractivity contribution >= 4 is 28.3 Å². The Morgan fingerprint density at radius 2 is 2.19 bits per heavy atom. The van der Waals surface area contributed by atoms with Crippen LogP contribution >= 0.6 is 11.3 Å². The minimum atomic E-state index is -0.229. The summed E-state index contributed by atoms with van der Waals surface area (Å²) in [6.07, 6.45) is 0.833. The highest BCUT2D eigenvalue weighted by atomic mass is 32.1. The molecule has 0 aliphatic carbocycles. The van der Waals surface area contributed by atoms with Crippen LogP contribution in [-0.4, -0.2) is 46.5 Å². The number of carbonyl (C=O) groups is 2. The largest absolute Gasteiger partial charge is 0.324 e. The zero-order valence-corrected chi connectivity index (χ0v) is 13.8. The number of aromatic nitrogens is 1. The van der Waals surface area contributed by atoms with Gasteiger partial charge in [0, 0.05) is 6.54 Å². The van der Waals surface area contributed by atoms with Gasteiger partial charge in [-0.25, -0.2) is 9.78 Å². The Morgan fingerprint density at radius 1 is 1.48 bits per heavy atom. The summed E-state index contributed by atoms with van der Waals surface area (Å²) in [5.74, 6) is 0.474. The van der Waals surface area contributed by atoms with Gasteiger partial charge in [0.25, 0.3) is 0 Å². The van der Waals surface area contributed by atoms with Gasteiger partial charge in [0.2, 0.25) is 5.91 Å². The molecule has 0 bridgehead atoms. The second-order valence-corrected chi connectivity index (χ2v) is 6.83. The fourth-order valence-corrected chi connectivity index (χ4v) is 3.12. The van der Waals surface area contributed by atoms with E-state index in [4.69, 9.17) is 0 Å². The lowest BCUT2D eigenvalue weighted by molar-refractivity contribution is -0.126. The predicted octanol–water partition coefficient (Wildman–Crippen LogP) is 2.30. The lowest BCUT2D eigenvalue weighted by Gasteiger charge is -2.17. The Bertz CT molecular complexity index is 541. The SMILES string of the molecule is CCN1CN(C(=O)Nc2sc(C)nc2CC(C)C)CC1=O. The Morgan fingerprint density at radius 3 is 2.76 bits per heavy atom. The predicted molar refractivity (Wildman–Crippen MR) is 83.4 cm³/mol. The number of rotatable bonds is 4. The van der Waals surface area contributed by atoms with E-state index in [0.29, 0.717) is 19.1 Å². The van der Waals surface area contributed by atoms with Crippen LogP contribution in [0.4, 0.5) is 9.80 Å². The van der Waals surface area contributed by atoms with Crippen molar-refractivity contribution in [2.45, 2.75) is 34.1 Å². The van der Waals surface area contributed by atoms with Crippen LogP contribution in [0.1, 0.15) is 31.5 Å². The molecule has 1 aliphatic heterocycles. The van der Waals surface area contributed by atoms with Crippen LogP contribution in [0.15, 0.2) is 0 Å². The van der Waals surface area contributed by atoms with Gasteiger partial charge < -0.3 is 4.90 Å². The average molecular weight is 310 g/mol. The first-order valence-corrected chi connectivity index (χ1v) is 8.02. The third-order valence-electron chi connectivity index (χ3n) is 3.32. The van der Waals surface area contributed by atoms with Gasteiger partial charge in [-0.15, -0.1) is 11.3 Å². The van der Waals surface area contributed by atoms with Crippen molar-refractivity contribution in [3.8, 4) is 0 Å². The Hall–Kier alpha value is -1.63. The third kappa shape index (κ3) is 3.72. The number of nitrogens with zero attached hydrogens (tertiary/aromatic N) is 3. The molecule has 0 atom stereocenters. The topological polar surface area (TPSA) is 65.5 Å². The van der Waals surface area contributed by atoms with Crippen LogP contribution < -0.4 is 5.32 Å². The van der Waals surface area contributed by atoms with Crippen molar-refractivity contribution in [1.82, 2.24) is 14.8 Å². The molecule has 3 amide bonds. The van der Waals surface area contributed by atoms with Gasteiger partial charge in [-0.3, -0.25) is 15.0 Å². The number of hydrogen-bond acceptors (Lipinski definition) is 4. The molecule has 0 spiro atoms. The summed E-state index contributed by atoms with van der Waals surface area (Å²) in [6.45, 7) is 9.22. The summed E-state index contributed by atoms with van der Waals surface area (Å²) < 4.78 is 0. The Labute approximate surface area is 129 Å². The number of urea groups is 1. The zero-order valence-electron chi connectivity index (χ0n) is 13.0. The number of carbonyl (C=O) groups excluding carboxylic acids is 2. The normalized spacial score (nSPS) is 15.2. The molecule has 6 nitrogen and oxygen atoms in total. The van der Waals surface area contributed by atoms with Crippen LogP contribution in [0, 0.1) is 12.8 Å². The smallest absolute Gasteiger partial charge is 0.324 e. The van der Waals surface area contributed by atoms with Crippen LogP contribution in [0.5, 0.6) is 0 Å². The second kappa shape index (κ2) is 6.43. The molecule has 0 aromatic carbocycles. The van der Waals surface area contributed by atoms with Gasteiger partial charge in [0.15, 0.2) is 0 Å².